The Morgan fingerprint density at radius 1 is 1.23 bits per heavy atom. The van der Waals surface area contributed by atoms with Crippen LogP contribution in [0.4, 0.5) is 0 Å². The van der Waals surface area contributed by atoms with E-state index in [0.29, 0.717) is 15.6 Å². The van der Waals surface area contributed by atoms with Crippen LogP contribution < -0.4 is 0 Å². The molecule has 0 aliphatic heterocycles. The topological polar surface area (TPSA) is 70.8 Å². The van der Waals surface area contributed by atoms with Crippen molar-refractivity contribution >= 4 is 29.2 Å². The van der Waals surface area contributed by atoms with Gasteiger partial charge in [-0.05, 0) is 18.2 Å². The van der Waals surface area contributed by atoms with Crippen molar-refractivity contribution in [1.29, 1.82) is 0 Å². The first-order chi connectivity index (χ1) is 10.5. The zero-order valence-corrected chi connectivity index (χ0v) is 13.6. The summed E-state index contributed by atoms with van der Waals surface area (Å²) in [5, 5.41) is 4.68. The fourth-order valence-electron chi connectivity index (χ4n) is 1.94. The third-order valence-electron chi connectivity index (χ3n) is 2.94. The molecule has 0 bridgehead atoms. The first-order valence-electron chi connectivity index (χ1n) is 6.12. The van der Waals surface area contributed by atoms with Crippen LogP contribution in [0.5, 0.6) is 0 Å². The van der Waals surface area contributed by atoms with Crippen LogP contribution in [0.15, 0.2) is 22.7 Å². The molecular formula is C14H13Cl2NO5. The summed E-state index contributed by atoms with van der Waals surface area (Å²) in [6, 6.07) is 4.80. The van der Waals surface area contributed by atoms with Crippen LogP contribution in [0, 0.1) is 0 Å². The van der Waals surface area contributed by atoms with E-state index in [1.165, 1.54) is 27.4 Å². The predicted molar refractivity (Wildman–Crippen MR) is 80.1 cm³/mol. The molecular weight excluding hydrogens is 333 g/mol. The monoisotopic (exact) mass is 345 g/mol. The Bertz CT molecular complexity index is 682. The van der Waals surface area contributed by atoms with Gasteiger partial charge in [-0.1, -0.05) is 28.4 Å². The number of rotatable bonds is 5. The normalized spacial score (nSPS) is 11.0. The molecule has 22 heavy (non-hydrogen) atoms. The Morgan fingerprint density at radius 3 is 2.45 bits per heavy atom. The molecule has 2 aromatic rings. The molecule has 0 amide bonds. The number of carbonyl (C=O) groups excluding carboxylic acids is 1. The lowest BCUT2D eigenvalue weighted by Gasteiger charge is -2.11. The Morgan fingerprint density at radius 2 is 1.91 bits per heavy atom. The van der Waals surface area contributed by atoms with Crippen molar-refractivity contribution in [2.24, 2.45) is 0 Å². The van der Waals surface area contributed by atoms with E-state index in [-0.39, 0.29) is 17.0 Å². The maximum Gasteiger partial charge on any atom is 0.344 e. The fraction of sp³-hybridized carbons (Fsp3) is 0.286. The second-order valence-electron chi connectivity index (χ2n) is 4.19. The minimum Gasteiger partial charge on any atom is -0.465 e. The highest BCUT2D eigenvalue weighted by atomic mass is 35.5. The van der Waals surface area contributed by atoms with Crippen LogP contribution in [0.3, 0.4) is 0 Å². The van der Waals surface area contributed by atoms with Crippen molar-refractivity contribution in [2.75, 3.05) is 21.3 Å². The summed E-state index contributed by atoms with van der Waals surface area (Å²) in [6.45, 7) is 0. The number of ether oxygens (including phenoxy) is 3. The van der Waals surface area contributed by atoms with Crippen molar-refractivity contribution in [3.63, 3.8) is 0 Å². The molecule has 6 nitrogen and oxygen atoms in total. The van der Waals surface area contributed by atoms with E-state index < -0.39 is 12.3 Å². The second-order valence-corrected chi connectivity index (χ2v) is 5.03. The largest absolute Gasteiger partial charge is 0.465 e. The number of esters is 1. The molecule has 0 N–H and O–H groups in total. The smallest absolute Gasteiger partial charge is 0.344 e. The molecule has 118 valence electrons. The van der Waals surface area contributed by atoms with Gasteiger partial charge < -0.3 is 18.7 Å². The van der Waals surface area contributed by atoms with Crippen molar-refractivity contribution < 1.29 is 23.5 Å². The lowest BCUT2D eigenvalue weighted by atomic mass is 10.1. The lowest BCUT2D eigenvalue weighted by molar-refractivity contribution is -0.120. The van der Waals surface area contributed by atoms with E-state index in [2.05, 4.69) is 5.16 Å². The van der Waals surface area contributed by atoms with Gasteiger partial charge in [0.15, 0.2) is 0 Å². The van der Waals surface area contributed by atoms with Crippen LogP contribution in [0.2, 0.25) is 10.0 Å². The number of methoxy groups -OCH3 is 3. The minimum atomic E-state index is -0.901. The number of hydrogen-bond acceptors (Lipinski definition) is 6. The van der Waals surface area contributed by atoms with Gasteiger partial charge >= 0.3 is 5.97 Å². The van der Waals surface area contributed by atoms with Gasteiger partial charge in [-0.25, -0.2) is 4.79 Å². The summed E-state index contributed by atoms with van der Waals surface area (Å²) in [5.74, 6) is -0.547. The average molecular weight is 346 g/mol. The van der Waals surface area contributed by atoms with E-state index in [4.69, 9.17) is 41.9 Å². The zero-order valence-electron chi connectivity index (χ0n) is 12.1. The Hall–Kier alpha value is -1.60. The molecule has 0 aliphatic rings. The van der Waals surface area contributed by atoms with Crippen LogP contribution in [0.1, 0.15) is 22.4 Å². The average Bonchev–Trinajstić information content (AvgIpc) is 2.92. The molecule has 0 atom stereocenters. The van der Waals surface area contributed by atoms with Crippen LogP contribution >= 0.6 is 23.2 Å². The van der Waals surface area contributed by atoms with Gasteiger partial charge in [0, 0.05) is 24.8 Å². The molecule has 0 aliphatic carbocycles. The molecule has 2 rings (SSSR count). The molecule has 0 saturated heterocycles. The molecule has 0 spiro atoms. The first-order valence-corrected chi connectivity index (χ1v) is 6.88. The SMILES string of the molecule is COC(=O)c1c(-c2ccc(Cl)cc2Cl)noc1C(OC)OC. The van der Waals surface area contributed by atoms with Crippen molar-refractivity contribution in [3.8, 4) is 11.3 Å². The van der Waals surface area contributed by atoms with Gasteiger partial charge in [0.25, 0.3) is 0 Å². The number of aromatic nitrogens is 1. The summed E-state index contributed by atoms with van der Waals surface area (Å²) in [4.78, 5) is 12.1. The summed E-state index contributed by atoms with van der Waals surface area (Å²) in [5.41, 5.74) is 0.787. The van der Waals surface area contributed by atoms with E-state index in [9.17, 15) is 4.79 Å². The molecule has 0 fully saturated rings. The maximum atomic E-state index is 12.1. The highest BCUT2D eigenvalue weighted by molar-refractivity contribution is 6.36. The number of benzene rings is 1. The van der Waals surface area contributed by atoms with Crippen molar-refractivity contribution in [3.05, 3.63) is 39.6 Å². The van der Waals surface area contributed by atoms with Crippen molar-refractivity contribution in [1.82, 2.24) is 5.16 Å². The van der Waals surface area contributed by atoms with E-state index in [1.54, 1.807) is 12.1 Å². The highest BCUT2D eigenvalue weighted by Crippen LogP contribution is 2.35. The van der Waals surface area contributed by atoms with Gasteiger partial charge in [0.1, 0.15) is 11.3 Å². The summed E-state index contributed by atoms with van der Waals surface area (Å²) in [7, 11) is 4.07. The zero-order chi connectivity index (χ0) is 16.3. The number of nitrogens with zero attached hydrogens (tertiary/aromatic N) is 1. The number of hydrogen-bond donors (Lipinski definition) is 0. The molecule has 0 unspecified atom stereocenters. The third-order valence-corrected chi connectivity index (χ3v) is 3.48. The predicted octanol–water partition coefficient (Wildman–Crippen LogP) is 3.73. The van der Waals surface area contributed by atoms with Gasteiger partial charge in [-0.3, -0.25) is 0 Å². The van der Waals surface area contributed by atoms with Crippen LogP contribution in [-0.4, -0.2) is 32.5 Å². The summed E-state index contributed by atoms with van der Waals surface area (Å²) >= 11 is 12.0. The standard InChI is InChI=1S/C14H13Cl2NO5/c1-19-13(18)10-11(8-5-4-7(15)6-9(8)16)17-22-12(10)14(20-2)21-3/h4-6,14H,1-3H3. The third kappa shape index (κ3) is 3.10. The molecule has 1 aromatic carbocycles. The maximum absolute atomic E-state index is 12.1. The molecule has 8 heteroatoms. The number of halogens is 2. The fourth-order valence-corrected chi connectivity index (χ4v) is 2.44. The number of carbonyl (C=O) groups is 1. The first kappa shape index (κ1) is 16.8. The minimum absolute atomic E-state index is 0.0837. The second kappa shape index (κ2) is 7.11. The molecule has 1 aromatic heterocycles. The van der Waals surface area contributed by atoms with Crippen molar-refractivity contribution in [2.45, 2.75) is 6.29 Å². The molecule has 0 saturated carbocycles. The van der Waals surface area contributed by atoms with E-state index >= 15 is 0 Å². The quantitative estimate of drug-likeness (QED) is 0.607. The van der Waals surface area contributed by atoms with E-state index in [1.807, 2.05) is 0 Å². The lowest BCUT2D eigenvalue weighted by Crippen LogP contribution is -2.11. The summed E-state index contributed by atoms with van der Waals surface area (Å²) in [6.07, 6.45) is -0.901. The Labute approximate surface area is 136 Å². The van der Waals surface area contributed by atoms with Crippen LogP contribution in [-0.2, 0) is 14.2 Å². The molecule has 1 heterocycles. The Balaban J connectivity index is 2.63. The van der Waals surface area contributed by atoms with Gasteiger partial charge in [-0.15, -0.1) is 0 Å². The van der Waals surface area contributed by atoms with Crippen LogP contribution in [0.25, 0.3) is 11.3 Å². The van der Waals surface area contributed by atoms with Gasteiger partial charge in [0.05, 0.1) is 12.1 Å². The summed E-state index contributed by atoms with van der Waals surface area (Å²) < 4.78 is 20.2. The van der Waals surface area contributed by atoms with Gasteiger partial charge in [0.2, 0.25) is 12.1 Å². The van der Waals surface area contributed by atoms with E-state index in [0.717, 1.165) is 0 Å². The Kier molecular flexibility index (Phi) is 5.42. The van der Waals surface area contributed by atoms with Gasteiger partial charge in [-0.2, -0.15) is 0 Å². The highest BCUT2D eigenvalue weighted by Gasteiger charge is 2.31. The molecule has 0 radical (unpaired) electrons.